The molecule has 4 nitrogen and oxygen atoms in total. The van der Waals surface area contributed by atoms with Gasteiger partial charge in [0.05, 0.1) is 24.9 Å². The Hall–Kier alpha value is -5.65. The summed E-state index contributed by atoms with van der Waals surface area (Å²) >= 11 is 0. The third kappa shape index (κ3) is 8.85. The Balaban J connectivity index is 0.000000241. The van der Waals surface area contributed by atoms with Gasteiger partial charge in [-0.1, -0.05) is 159 Å². The van der Waals surface area contributed by atoms with Crippen molar-refractivity contribution in [3.63, 3.8) is 0 Å². The molecule has 0 aliphatic carbocycles. The van der Waals surface area contributed by atoms with Gasteiger partial charge in [0.1, 0.15) is 0 Å². The minimum atomic E-state index is -2.22. The van der Waals surface area contributed by atoms with E-state index in [4.69, 9.17) is 13.2 Å². The van der Waals surface area contributed by atoms with Crippen molar-refractivity contribution in [3.8, 4) is 28.3 Å². The van der Waals surface area contributed by atoms with Crippen molar-refractivity contribution in [2.45, 2.75) is 113 Å². The van der Waals surface area contributed by atoms with Crippen LogP contribution in [0.4, 0.5) is 0 Å². The number of hydrogen-bond acceptors (Lipinski definition) is 2. The van der Waals surface area contributed by atoms with Crippen LogP contribution in [0.5, 0.6) is 0 Å². The first-order valence-corrected chi connectivity index (χ1v) is 26.8. The number of benzene rings is 7. The zero-order valence-electron chi connectivity index (χ0n) is 46.6. The van der Waals surface area contributed by atoms with E-state index in [2.05, 4.69) is 198 Å². The molecule has 1 radical (unpaired) electrons. The molecule has 0 N–H and O–H groups in total. The number of aryl methyl sites for hydroxylation is 3. The van der Waals surface area contributed by atoms with Crippen molar-refractivity contribution < 1.29 is 28.3 Å². The molecular weight excluding hydrogens is 1010 g/mol. The summed E-state index contributed by atoms with van der Waals surface area (Å²) < 4.78 is 50.5. The summed E-state index contributed by atoms with van der Waals surface area (Å²) in [6.07, 6.45) is 1.65. The summed E-state index contributed by atoms with van der Waals surface area (Å²) in [5.74, 6) is 1.61. The topological polar surface area (TPSA) is 35.6 Å². The van der Waals surface area contributed by atoms with Crippen molar-refractivity contribution >= 4 is 67.6 Å². The van der Waals surface area contributed by atoms with E-state index in [1.54, 1.807) is 18.3 Å². The zero-order chi connectivity index (χ0) is 51.8. The van der Waals surface area contributed by atoms with Gasteiger partial charge < -0.3 is 14.1 Å². The quantitative estimate of drug-likeness (QED) is 0.0906. The fourth-order valence-electron chi connectivity index (χ4n) is 9.56. The van der Waals surface area contributed by atoms with Gasteiger partial charge in [0, 0.05) is 52.3 Å². The molecule has 0 bridgehead atoms. The van der Waals surface area contributed by atoms with Gasteiger partial charge in [0.25, 0.3) is 0 Å². The molecule has 343 valence electrons. The summed E-state index contributed by atoms with van der Waals surface area (Å²) in [5.41, 5.74) is 12.6. The van der Waals surface area contributed by atoms with Crippen molar-refractivity contribution in [3.05, 3.63) is 167 Å². The van der Waals surface area contributed by atoms with Crippen molar-refractivity contribution in [1.82, 2.24) is 19.1 Å². The maximum atomic E-state index is 7.81. The molecule has 0 saturated heterocycles. The van der Waals surface area contributed by atoms with E-state index in [1.165, 1.54) is 77.9 Å². The van der Waals surface area contributed by atoms with Crippen LogP contribution in [0.15, 0.2) is 128 Å². The molecule has 0 atom stereocenters. The van der Waals surface area contributed by atoms with E-state index in [0.717, 1.165) is 34.2 Å². The van der Waals surface area contributed by atoms with Crippen LogP contribution in [0.25, 0.3) is 82.7 Å². The molecule has 0 spiro atoms. The van der Waals surface area contributed by atoms with Crippen molar-refractivity contribution in [2.24, 2.45) is 0 Å². The maximum absolute atomic E-state index is 7.81. The summed E-state index contributed by atoms with van der Waals surface area (Å²) in [5, 5.41) is 8.50. The van der Waals surface area contributed by atoms with Crippen LogP contribution < -0.4 is 5.19 Å². The van der Waals surface area contributed by atoms with Crippen molar-refractivity contribution in [2.75, 3.05) is 0 Å². The Bertz CT molecular complexity index is 3650. The van der Waals surface area contributed by atoms with Gasteiger partial charge in [-0.2, -0.15) is 0 Å². The van der Waals surface area contributed by atoms with Gasteiger partial charge >= 0.3 is 0 Å². The molecule has 6 heteroatoms. The summed E-state index contributed by atoms with van der Waals surface area (Å²) in [4.78, 5) is 9.77. The zero-order valence-corrected chi connectivity index (χ0v) is 44.0. The minimum Gasteiger partial charge on any atom is -0.381 e. The predicted molar refractivity (Wildman–Crippen MR) is 287 cm³/mol. The first kappa shape index (κ1) is 40.4. The van der Waals surface area contributed by atoms with Gasteiger partial charge in [-0.3, -0.25) is 4.98 Å². The van der Waals surface area contributed by atoms with Gasteiger partial charge in [-0.25, -0.2) is 0 Å². The van der Waals surface area contributed by atoms with Crippen LogP contribution >= 0.6 is 0 Å². The number of nitrogens with zero attached hydrogens (tertiary/aromatic N) is 4. The Morgan fingerprint density at radius 1 is 0.687 bits per heavy atom. The first-order valence-electron chi connectivity index (χ1n) is 26.3. The number of fused-ring (bicyclic) bond motifs is 8. The molecule has 0 unspecified atom stereocenters. The van der Waals surface area contributed by atoms with E-state index in [1.807, 2.05) is 0 Å². The number of imidazole rings is 1. The molecule has 67 heavy (non-hydrogen) atoms. The van der Waals surface area contributed by atoms with Crippen LogP contribution in [0.3, 0.4) is 0 Å². The van der Waals surface area contributed by atoms with Gasteiger partial charge in [0.15, 0.2) is 0 Å². The molecule has 0 amide bonds. The second kappa shape index (κ2) is 18.4. The average Bonchev–Trinajstić information content (AvgIpc) is 3.88. The molecule has 3 aromatic heterocycles. The van der Waals surface area contributed by atoms with Crippen molar-refractivity contribution in [1.29, 1.82) is 0 Å². The van der Waals surface area contributed by atoms with E-state index in [-0.39, 0.29) is 31.1 Å². The minimum absolute atomic E-state index is 0. The second-order valence-corrected chi connectivity index (χ2v) is 25.4. The van der Waals surface area contributed by atoms with Crippen LogP contribution in [-0.2, 0) is 32.1 Å². The Kier molecular flexibility index (Phi) is 11.1. The van der Waals surface area contributed by atoms with E-state index < -0.39 is 21.8 Å². The maximum Gasteiger partial charge on any atom is 0.0798 e. The molecule has 0 aliphatic heterocycles. The third-order valence-corrected chi connectivity index (χ3v) is 15.1. The fourth-order valence-corrected chi connectivity index (χ4v) is 10.9. The number of para-hydroxylation sites is 2. The molecule has 7 aromatic carbocycles. The van der Waals surface area contributed by atoms with E-state index >= 15 is 0 Å². The SMILES string of the molecule is CCn1c2c[c-]c(-c3nc4ccccc4n3-c3c(C(C)C)cc(C(C)(C)C)cc3C(C)C)cc2c2c3ccc4ccccc4c3ccc21.[2H]C([2H])([2H])c1c[c-]c(-c2cc(C([2H])([2H])[2H])c([Si](C)(C)C)cn2)cc1.[Ir]. The Morgan fingerprint density at radius 2 is 1.39 bits per heavy atom. The largest absolute Gasteiger partial charge is 0.381 e. The molecular formula is C61H64IrN4Si-2. The fraction of sp³-hybridized carbons (Fsp3) is 0.279. The Labute approximate surface area is 421 Å². The molecule has 10 aromatic rings. The van der Waals surface area contributed by atoms with Crippen LogP contribution in [-0.4, -0.2) is 27.2 Å². The van der Waals surface area contributed by atoms with E-state index in [9.17, 15) is 0 Å². The Morgan fingerprint density at radius 3 is 2.04 bits per heavy atom. The van der Waals surface area contributed by atoms with E-state index in [0.29, 0.717) is 28.7 Å². The predicted octanol–water partition coefficient (Wildman–Crippen LogP) is 16.2. The summed E-state index contributed by atoms with van der Waals surface area (Å²) in [7, 11) is -1.85. The second-order valence-electron chi connectivity index (χ2n) is 20.4. The van der Waals surface area contributed by atoms with Crippen LogP contribution in [0.1, 0.15) is 103 Å². The molecule has 10 rings (SSSR count). The van der Waals surface area contributed by atoms with Gasteiger partial charge in [-0.05, 0) is 109 Å². The number of aromatic nitrogens is 4. The monoisotopic (exact) mass is 1080 g/mol. The molecule has 3 heterocycles. The number of rotatable bonds is 7. The number of pyridine rings is 1. The van der Waals surface area contributed by atoms with Crippen LogP contribution in [0.2, 0.25) is 19.6 Å². The normalized spacial score (nSPS) is 13.9. The standard InChI is InChI=1S/C45H44N3.C16H20NSi.Ir/c1-9-47-39-22-19-30(24-37(39)42-34-20-18-29-14-10-11-15-32(29)33(34)21-23-41(42)47)44-46-38-16-12-13-17-40(38)48(44)43-35(27(2)3)25-31(45(6,7)8)26-36(43)28(4)5;1-12-6-8-14(9-7-12)15-10-13(2)16(11-17-15)18(3,4)5;/h10-18,20-28H,9H2,1-8H3;6-8,10-11H,1-5H3;/q2*-1;/i;1D3,2D3;. The van der Waals surface area contributed by atoms with Crippen LogP contribution in [0, 0.1) is 25.8 Å². The molecule has 0 saturated carbocycles. The van der Waals surface area contributed by atoms with Gasteiger partial charge in [-0.15, -0.1) is 59.2 Å². The summed E-state index contributed by atoms with van der Waals surface area (Å²) in [6, 6.07) is 48.7. The van der Waals surface area contributed by atoms with Gasteiger partial charge in [0.2, 0.25) is 0 Å². The first-order chi connectivity index (χ1) is 33.9. The molecule has 0 fully saturated rings. The smallest absolute Gasteiger partial charge is 0.0798 e. The third-order valence-electron chi connectivity index (χ3n) is 13.1. The average molecular weight is 1080 g/mol. The molecule has 0 aliphatic rings. The number of hydrogen-bond donors (Lipinski definition) is 0. The summed E-state index contributed by atoms with van der Waals surface area (Å²) in [6.45, 7) is 21.2.